The number of ether oxygens (including phenoxy) is 1. The molecule has 0 heterocycles. The molecule has 0 radical (unpaired) electrons. The highest BCUT2D eigenvalue weighted by molar-refractivity contribution is 9.09. The lowest BCUT2D eigenvalue weighted by Crippen LogP contribution is -2.27. The van der Waals surface area contributed by atoms with E-state index in [1.165, 1.54) is 38.5 Å². The number of alkyl halides is 1. The standard InChI is InChI=1S/C12H23BrO/c1-10(2)9-14-12-8-6-4-3-5-7-11(12)13/h10-12H,3-9H2,1-2H3. The summed E-state index contributed by atoms with van der Waals surface area (Å²) in [5.74, 6) is 0.653. The van der Waals surface area contributed by atoms with Crippen molar-refractivity contribution in [3.8, 4) is 0 Å². The number of halogens is 1. The van der Waals surface area contributed by atoms with E-state index in [0.29, 0.717) is 16.8 Å². The van der Waals surface area contributed by atoms with E-state index in [1.807, 2.05) is 0 Å². The Hall–Kier alpha value is 0.440. The summed E-state index contributed by atoms with van der Waals surface area (Å²) in [5.41, 5.74) is 0. The molecule has 0 N–H and O–H groups in total. The van der Waals surface area contributed by atoms with Gasteiger partial charge in [0.2, 0.25) is 0 Å². The van der Waals surface area contributed by atoms with Gasteiger partial charge in [-0.25, -0.2) is 0 Å². The highest BCUT2D eigenvalue weighted by atomic mass is 79.9. The molecule has 1 fully saturated rings. The lowest BCUT2D eigenvalue weighted by molar-refractivity contribution is 0.0252. The molecule has 0 saturated heterocycles. The van der Waals surface area contributed by atoms with Gasteiger partial charge in [0.15, 0.2) is 0 Å². The molecular weight excluding hydrogens is 240 g/mol. The first-order valence-corrected chi connectivity index (χ1v) is 6.87. The van der Waals surface area contributed by atoms with Gasteiger partial charge >= 0.3 is 0 Å². The number of hydrogen-bond donors (Lipinski definition) is 0. The van der Waals surface area contributed by atoms with Crippen molar-refractivity contribution in [3.05, 3.63) is 0 Å². The first-order chi connectivity index (χ1) is 6.70. The topological polar surface area (TPSA) is 9.23 Å². The van der Waals surface area contributed by atoms with Crippen LogP contribution in [0.1, 0.15) is 52.4 Å². The van der Waals surface area contributed by atoms with Crippen molar-refractivity contribution in [2.24, 2.45) is 5.92 Å². The smallest absolute Gasteiger partial charge is 0.0700 e. The predicted octanol–water partition coefficient (Wildman–Crippen LogP) is 4.15. The molecule has 1 saturated carbocycles. The first-order valence-electron chi connectivity index (χ1n) is 5.96. The van der Waals surface area contributed by atoms with Crippen LogP contribution < -0.4 is 0 Å². The summed E-state index contributed by atoms with van der Waals surface area (Å²) in [6, 6.07) is 0. The second kappa shape index (κ2) is 6.84. The van der Waals surface area contributed by atoms with E-state index in [2.05, 4.69) is 29.8 Å². The van der Waals surface area contributed by atoms with Crippen molar-refractivity contribution >= 4 is 15.9 Å². The molecule has 0 aromatic carbocycles. The third kappa shape index (κ3) is 4.79. The fourth-order valence-corrected chi connectivity index (χ4v) is 2.65. The van der Waals surface area contributed by atoms with Crippen LogP contribution in [0.4, 0.5) is 0 Å². The highest BCUT2D eigenvalue weighted by Crippen LogP contribution is 2.25. The van der Waals surface area contributed by atoms with Crippen molar-refractivity contribution in [1.82, 2.24) is 0 Å². The summed E-state index contributed by atoms with van der Waals surface area (Å²) in [6.45, 7) is 5.34. The van der Waals surface area contributed by atoms with Crippen LogP contribution in [0.3, 0.4) is 0 Å². The molecule has 0 aromatic rings. The van der Waals surface area contributed by atoms with Crippen LogP contribution in [0.5, 0.6) is 0 Å². The van der Waals surface area contributed by atoms with E-state index in [9.17, 15) is 0 Å². The summed E-state index contributed by atoms with van der Waals surface area (Å²) in [6.07, 6.45) is 8.46. The van der Waals surface area contributed by atoms with Crippen LogP contribution in [0.2, 0.25) is 0 Å². The van der Waals surface area contributed by atoms with Crippen LogP contribution >= 0.6 is 15.9 Å². The number of rotatable bonds is 3. The van der Waals surface area contributed by atoms with E-state index in [4.69, 9.17) is 4.74 Å². The number of hydrogen-bond acceptors (Lipinski definition) is 1. The van der Waals surface area contributed by atoms with Gasteiger partial charge in [0, 0.05) is 11.4 Å². The zero-order valence-corrected chi connectivity index (χ0v) is 11.1. The van der Waals surface area contributed by atoms with E-state index in [0.717, 1.165) is 6.61 Å². The average molecular weight is 263 g/mol. The molecule has 0 aromatic heterocycles. The molecule has 14 heavy (non-hydrogen) atoms. The summed E-state index contributed by atoms with van der Waals surface area (Å²) in [5, 5.41) is 0. The Kier molecular flexibility index (Phi) is 6.11. The molecule has 1 rings (SSSR count). The Morgan fingerprint density at radius 1 is 1.14 bits per heavy atom. The van der Waals surface area contributed by atoms with Crippen LogP contribution in [-0.2, 0) is 4.74 Å². The third-order valence-corrected chi connectivity index (χ3v) is 3.81. The van der Waals surface area contributed by atoms with E-state index in [-0.39, 0.29) is 0 Å². The summed E-state index contributed by atoms with van der Waals surface area (Å²) in [4.78, 5) is 0.585. The maximum Gasteiger partial charge on any atom is 0.0700 e. The van der Waals surface area contributed by atoms with Crippen molar-refractivity contribution in [2.75, 3.05) is 6.61 Å². The summed E-state index contributed by atoms with van der Waals surface area (Å²) in [7, 11) is 0. The van der Waals surface area contributed by atoms with Gasteiger partial charge in [-0.3, -0.25) is 0 Å². The van der Waals surface area contributed by atoms with Gasteiger partial charge < -0.3 is 4.74 Å². The largest absolute Gasteiger partial charge is 0.377 e. The average Bonchev–Trinajstić information content (AvgIpc) is 2.10. The van der Waals surface area contributed by atoms with Crippen LogP contribution in [0, 0.1) is 5.92 Å². The van der Waals surface area contributed by atoms with Gasteiger partial charge in [-0.15, -0.1) is 0 Å². The van der Waals surface area contributed by atoms with Gasteiger partial charge in [-0.05, 0) is 18.8 Å². The SMILES string of the molecule is CC(C)COC1CCCCCCC1Br. The zero-order chi connectivity index (χ0) is 10.4. The Morgan fingerprint density at radius 2 is 1.79 bits per heavy atom. The molecule has 2 heteroatoms. The molecular formula is C12H23BrO. The summed E-state index contributed by atoms with van der Waals surface area (Å²) < 4.78 is 5.95. The molecule has 0 amide bonds. The molecule has 2 unspecified atom stereocenters. The zero-order valence-electron chi connectivity index (χ0n) is 9.47. The molecule has 0 bridgehead atoms. The van der Waals surface area contributed by atoms with Gasteiger partial charge in [0.25, 0.3) is 0 Å². The highest BCUT2D eigenvalue weighted by Gasteiger charge is 2.20. The van der Waals surface area contributed by atoms with Gasteiger partial charge in [0.1, 0.15) is 0 Å². The second-order valence-corrected chi connectivity index (χ2v) is 5.95. The molecule has 0 spiro atoms. The van der Waals surface area contributed by atoms with Crippen LogP contribution in [0.25, 0.3) is 0 Å². The van der Waals surface area contributed by atoms with Gasteiger partial charge in [0.05, 0.1) is 6.10 Å². The third-order valence-electron chi connectivity index (χ3n) is 2.77. The first kappa shape index (κ1) is 12.5. The molecule has 2 atom stereocenters. The Balaban J connectivity index is 2.29. The Morgan fingerprint density at radius 3 is 2.43 bits per heavy atom. The lowest BCUT2D eigenvalue weighted by Gasteiger charge is -2.26. The fraction of sp³-hybridized carbons (Fsp3) is 1.00. The minimum atomic E-state index is 0.456. The minimum Gasteiger partial charge on any atom is -0.377 e. The normalized spacial score (nSPS) is 30.0. The van der Waals surface area contributed by atoms with Crippen molar-refractivity contribution < 1.29 is 4.74 Å². The molecule has 1 aliphatic rings. The maximum atomic E-state index is 5.95. The van der Waals surface area contributed by atoms with E-state index in [1.54, 1.807) is 0 Å². The van der Waals surface area contributed by atoms with Gasteiger partial charge in [-0.1, -0.05) is 55.5 Å². The van der Waals surface area contributed by atoms with Crippen LogP contribution in [0.15, 0.2) is 0 Å². The minimum absolute atomic E-state index is 0.456. The lowest BCUT2D eigenvalue weighted by atomic mass is 9.98. The Bertz CT molecular complexity index is 147. The molecule has 84 valence electrons. The van der Waals surface area contributed by atoms with Gasteiger partial charge in [-0.2, -0.15) is 0 Å². The van der Waals surface area contributed by atoms with Crippen molar-refractivity contribution in [2.45, 2.75) is 63.3 Å². The molecule has 1 aliphatic carbocycles. The molecule has 0 aliphatic heterocycles. The Labute approximate surface area is 96.7 Å². The van der Waals surface area contributed by atoms with E-state index < -0.39 is 0 Å². The van der Waals surface area contributed by atoms with Crippen LogP contribution in [-0.4, -0.2) is 17.5 Å². The quantitative estimate of drug-likeness (QED) is 0.695. The molecule has 1 nitrogen and oxygen atoms in total. The van der Waals surface area contributed by atoms with E-state index >= 15 is 0 Å². The monoisotopic (exact) mass is 262 g/mol. The summed E-state index contributed by atoms with van der Waals surface area (Å²) >= 11 is 3.76. The maximum absolute atomic E-state index is 5.95. The fourth-order valence-electron chi connectivity index (χ4n) is 1.91. The predicted molar refractivity (Wildman–Crippen MR) is 65.0 cm³/mol. The van der Waals surface area contributed by atoms with Crippen molar-refractivity contribution in [1.29, 1.82) is 0 Å². The van der Waals surface area contributed by atoms with Crippen molar-refractivity contribution in [3.63, 3.8) is 0 Å². The second-order valence-electron chi connectivity index (χ2n) is 4.77.